The summed E-state index contributed by atoms with van der Waals surface area (Å²) < 4.78 is 68.4. The van der Waals surface area contributed by atoms with Crippen molar-refractivity contribution in [2.75, 3.05) is 39.6 Å². The van der Waals surface area contributed by atoms with E-state index in [1.807, 2.05) is 0 Å². The average molecular weight is 1410 g/mol. The van der Waals surface area contributed by atoms with Crippen LogP contribution in [0.2, 0.25) is 0 Å². The molecule has 0 saturated carbocycles. The average Bonchev–Trinajstić information content (AvgIpc) is 1.11. The maximum absolute atomic E-state index is 13.1. The molecule has 0 amide bonds. The zero-order valence-electron chi connectivity index (χ0n) is 62.3. The number of rotatable bonds is 73. The number of esters is 4. The summed E-state index contributed by atoms with van der Waals surface area (Å²) in [4.78, 5) is 72.7. The van der Waals surface area contributed by atoms with Crippen molar-refractivity contribution in [3.63, 3.8) is 0 Å². The van der Waals surface area contributed by atoms with E-state index in [4.69, 9.17) is 37.0 Å². The second-order valence-electron chi connectivity index (χ2n) is 28.0. The highest BCUT2D eigenvalue weighted by molar-refractivity contribution is 7.47. The molecule has 0 spiro atoms. The van der Waals surface area contributed by atoms with Crippen LogP contribution in [-0.4, -0.2) is 96.7 Å². The maximum atomic E-state index is 13.1. The SMILES string of the molecule is CCCCCC/C=C\C=C/CCCCCCCC(=O)O[C@H](COC(=O)CCCCCCCCCCCCCCCCCCCCC(C)CC)COP(=O)(O)OC[C@@H](O)COP(=O)(O)OC[C@@H](COC(=O)CCCCCCCCC(C)C)OC(=O)CCCCCCCCC(C)CC. The van der Waals surface area contributed by atoms with Crippen molar-refractivity contribution < 1.29 is 80.2 Å². The van der Waals surface area contributed by atoms with Gasteiger partial charge in [0, 0.05) is 25.7 Å². The molecule has 0 aromatic rings. The van der Waals surface area contributed by atoms with Gasteiger partial charge in [0.1, 0.15) is 19.3 Å². The molecule has 4 unspecified atom stereocenters. The Labute approximate surface area is 586 Å². The van der Waals surface area contributed by atoms with Gasteiger partial charge < -0.3 is 33.8 Å². The van der Waals surface area contributed by atoms with Crippen LogP contribution in [0.25, 0.3) is 0 Å². The Morgan fingerprint density at radius 3 is 0.927 bits per heavy atom. The number of aliphatic hydroxyl groups is 1. The molecular weight excluding hydrogens is 1260 g/mol. The summed E-state index contributed by atoms with van der Waals surface area (Å²) in [5.41, 5.74) is 0. The van der Waals surface area contributed by atoms with Gasteiger partial charge in [-0.25, -0.2) is 9.13 Å². The first-order valence-corrected chi connectivity index (χ1v) is 42.2. The lowest BCUT2D eigenvalue weighted by Crippen LogP contribution is -2.30. The highest BCUT2D eigenvalue weighted by Crippen LogP contribution is 2.45. The van der Waals surface area contributed by atoms with Gasteiger partial charge in [0.2, 0.25) is 0 Å². The molecule has 7 atom stereocenters. The van der Waals surface area contributed by atoms with Gasteiger partial charge >= 0.3 is 39.5 Å². The Morgan fingerprint density at radius 2 is 0.615 bits per heavy atom. The number of ether oxygens (including phenoxy) is 4. The first kappa shape index (κ1) is 93.5. The Kier molecular flexibility index (Phi) is 65.3. The minimum absolute atomic E-state index is 0.0849. The van der Waals surface area contributed by atoms with E-state index >= 15 is 0 Å². The van der Waals surface area contributed by atoms with Gasteiger partial charge in [0.05, 0.1) is 26.4 Å². The zero-order chi connectivity index (χ0) is 70.9. The molecule has 0 rings (SSSR count). The first-order chi connectivity index (χ1) is 46.3. The summed E-state index contributed by atoms with van der Waals surface area (Å²) in [5.74, 6) is 0.114. The van der Waals surface area contributed by atoms with Crippen LogP contribution in [0.5, 0.6) is 0 Å². The van der Waals surface area contributed by atoms with Crippen LogP contribution in [0.1, 0.15) is 370 Å². The largest absolute Gasteiger partial charge is 0.472 e. The summed E-state index contributed by atoms with van der Waals surface area (Å²) in [5, 5.41) is 10.6. The normalized spacial score (nSPS) is 14.8. The van der Waals surface area contributed by atoms with E-state index in [0.29, 0.717) is 31.6 Å². The number of carbonyl (C=O) groups is 4. The Balaban J connectivity index is 5.20. The van der Waals surface area contributed by atoms with Crippen LogP contribution in [0, 0.1) is 17.8 Å². The van der Waals surface area contributed by atoms with E-state index in [1.165, 1.54) is 161 Å². The minimum atomic E-state index is -4.97. The van der Waals surface area contributed by atoms with Crippen molar-refractivity contribution in [2.24, 2.45) is 17.8 Å². The van der Waals surface area contributed by atoms with Crippen molar-refractivity contribution in [2.45, 2.75) is 388 Å². The lowest BCUT2D eigenvalue weighted by molar-refractivity contribution is -0.161. The summed E-state index contributed by atoms with van der Waals surface area (Å²) in [6.45, 7) is 11.8. The molecule has 0 heterocycles. The summed E-state index contributed by atoms with van der Waals surface area (Å²) >= 11 is 0. The van der Waals surface area contributed by atoms with E-state index in [2.05, 4.69) is 72.8 Å². The van der Waals surface area contributed by atoms with Crippen LogP contribution in [0.4, 0.5) is 0 Å². The van der Waals surface area contributed by atoms with Crippen molar-refractivity contribution in [3.05, 3.63) is 24.3 Å². The molecule has 0 aliphatic rings. The quantitative estimate of drug-likeness (QED) is 0.0169. The lowest BCUT2D eigenvalue weighted by atomic mass is 9.99. The molecule has 3 N–H and O–H groups in total. The predicted molar refractivity (Wildman–Crippen MR) is 390 cm³/mol. The smallest absolute Gasteiger partial charge is 0.462 e. The van der Waals surface area contributed by atoms with Gasteiger partial charge in [-0.3, -0.25) is 37.3 Å². The van der Waals surface area contributed by atoms with E-state index in [1.54, 1.807) is 0 Å². The molecule has 0 fully saturated rings. The van der Waals surface area contributed by atoms with Crippen LogP contribution in [-0.2, 0) is 65.4 Å². The van der Waals surface area contributed by atoms with Gasteiger partial charge in [-0.2, -0.15) is 0 Å². The van der Waals surface area contributed by atoms with Gasteiger partial charge in [0.15, 0.2) is 12.2 Å². The zero-order valence-corrected chi connectivity index (χ0v) is 64.1. The third-order valence-electron chi connectivity index (χ3n) is 18.0. The topological polar surface area (TPSA) is 237 Å². The van der Waals surface area contributed by atoms with Gasteiger partial charge in [-0.05, 0) is 69.1 Å². The molecule has 17 nitrogen and oxygen atoms in total. The Bertz CT molecular complexity index is 1970. The monoisotopic (exact) mass is 1410 g/mol. The first-order valence-electron chi connectivity index (χ1n) is 39.2. The fourth-order valence-corrected chi connectivity index (χ4v) is 12.8. The molecule has 0 saturated heterocycles. The van der Waals surface area contributed by atoms with Crippen LogP contribution < -0.4 is 0 Å². The van der Waals surface area contributed by atoms with E-state index in [-0.39, 0.29) is 25.7 Å². The fourth-order valence-electron chi connectivity index (χ4n) is 11.2. The Hall–Kier alpha value is -2.46. The van der Waals surface area contributed by atoms with E-state index < -0.39 is 97.5 Å². The molecule has 0 aliphatic heterocycles. The maximum Gasteiger partial charge on any atom is 0.472 e. The van der Waals surface area contributed by atoms with Crippen molar-refractivity contribution in [1.82, 2.24) is 0 Å². The standard InChI is InChI=1S/C77H146O17P2/c1-8-11-12-13-14-15-16-17-22-27-30-33-36-46-53-60-76(81)93-72(64-87-74(79)58-51-44-35-32-29-26-24-21-19-18-20-23-25-28-31-34-42-49-56-69(6)9-2)66-91-95(83,84)89-62-71(78)63-90-96(85,86)92-67-73(65-88-75(80)59-52-45-39-37-41-48-55-68(4)5)94-77(82)61-54-47-40-38-43-50-57-70(7)10-3/h15-17,22,68-73,78H,8-14,18-21,23-67H2,1-7H3,(H,83,84)(H,85,86)/b16-15-,22-17-/t69?,70?,71-,72-,73-/m1/s1. The molecule has 0 aromatic heterocycles. The minimum Gasteiger partial charge on any atom is -0.462 e. The highest BCUT2D eigenvalue weighted by Gasteiger charge is 2.30. The number of aliphatic hydroxyl groups excluding tert-OH is 1. The van der Waals surface area contributed by atoms with Gasteiger partial charge in [0.25, 0.3) is 0 Å². The molecule has 96 heavy (non-hydrogen) atoms. The summed E-state index contributed by atoms with van der Waals surface area (Å²) in [6, 6.07) is 0. The number of hydrogen-bond acceptors (Lipinski definition) is 15. The second kappa shape index (κ2) is 67.1. The second-order valence-corrected chi connectivity index (χ2v) is 30.9. The number of unbranched alkanes of at least 4 members (excludes halogenated alkanes) is 36. The van der Waals surface area contributed by atoms with Crippen LogP contribution in [0.15, 0.2) is 24.3 Å². The molecular formula is C77H146O17P2. The molecule has 0 aliphatic carbocycles. The number of allylic oxidation sites excluding steroid dienone is 4. The number of hydrogen-bond donors (Lipinski definition) is 3. The van der Waals surface area contributed by atoms with Crippen molar-refractivity contribution in [1.29, 1.82) is 0 Å². The fraction of sp³-hybridized carbons (Fsp3) is 0.896. The number of carbonyl (C=O) groups excluding carboxylic acids is 4. The van der Waals surface area contributed by atoms with Crippen molar-refractivity contribution in [3.8, 4) is 0 Å². The molecule has 0 aromatic carbocycles. The third-order valence-corrected chi connectivity index (χ3v) is 19.9. The van der Waals surface area contributed by atoms with Crippen LogP contribution >= 0.6 is 15.6 Å². The number of phosphoric ester groups is 2. The third kappa shape index (κ3) is 67.4. The summed E-state index contributed by atoms with van der Waals surface area (Å²) in [6.07, 6.45) is 56.7. The van der Waals surface area contributed by atoms with E-state index in [0.717, 1.165) is 121 Å². The highest BCUT2D eigenvalue weighted by atomic mass is 31.2. The van der Waals surface area contributed by atoms with E-state index in [9.17, 15) is 43.2 Å². The van der Waals surface area contributed by atoms with Gasteiger partial charge in [-0.15, -0.1) is 0 Å². The molecule has 0 bridgehead atoms. The van der Waals surface area contributed by atoms with Crippen molar-refractivity contribution >= 4 is 39.5 Å². The van der Waals surface area contributed by atoms with Gasteiger partial charge in [-0.1, -0.05) is 317 Å². The summed E-state index contributed by atoms with van der Waals surface area (Å²) in [7, 11) is -9.92. The number of phosphoric acid groups is 2. The van der Waals surface area contributed by atoms with Crippen LogP contribution in [0.3, 0.4) is 0 Å². The molecule has 0 radical (unpaired) electrons. The Morgan fingerprint density at radius 1 is 0.344 bits per heavy atom. The molecule has 19 heteroatoms. The molecule has 566 valence electrons. The predicted octanol–water partition coefficient (Wildman–Crippen LogP) is 22.1. The lowest BCUT2D eigenvalue weighted by Gasteiger charge is -2.21.